The van der Waals surface area contributed by atoms with Gasteiger partial charge >= 0.3 is 5.97 Å². The molecule has 0 saturated carbocycles. The lowest BCUT2D eigenvalue weighted by atomic mass is 10.0. The largest absolute Gasteiger partial charge is 0.508 e. The van der Waals surface area contributed by atoms with E-state index in [2.05, 4.69) is 0 Å². The summed E-state index contributed by atoms with van der Waals surface area (Å²) in [5, 5.41) is 9.67. The molecule has 1 aliphatic heterocycles. The van der Waals surface area contributed by atoms with Crippen molar-refractivity contribution in [1.82, 2.24) is 0 Å². The van der Waals surface area contributed by atoms with Gasteiger partial charge in [-0.05, 0) is 42.8 Å². The molecule has 0 aliphatic carbocycles. The number of carbonyl (C=O) groups excluding carboxylic acids is 2. The van der Waals surface area contributed by atoms with Crippen LogP contribution >= 0.6 is 0 Å². The maximum Gasteiger partial charge on any atom is 0.340 e. The smallest absolute Gasteiger partial charge is 0.340 e. The molecule has 2 aromatic carbocycles. The van der Waals surface area contributed by atoms with Gasteiger partial charge in [-0.3, -0.25) is 9.69 Å². The Morgan fingerprint density at radius 1 is 1.11 bits per heavy atom. The van der Waals surface area contributed by atoms with Crippen molar-refractivity contribution in [3.05, 3.63) is 70.9 Å². The predicted molar refractivity (Wildman–Crippen MR) is 101 cm³/mol. The average molecular weight is 365 g/mol. The number of benzene rings is 2. The minimum atomic E-state index is -0.599. The molecule has 0 aromatic heterocycles. The van der Waals surface area contributed by atoms with Crippen LogP contribution in [0.3, 0.4) is 0 Å². The van der Waals surface area contributed by atoms with Gasteiger partial charge in [-0.2, -0.15) is 0 Å². The Bertz CT molecular complexity index is 974. The first-order valence-electron chi connectivity index (χ1n) is 8.25. The Balaban J connectivity index is 2.14. The number of nitrogens with zero attached hydrogens (tertiary/aromatic N) is 1. The van der Waals surface area contributed by atoms with Crippen molar-refractivity contribution in [1.29, 1.82) is 0 Å². The molecule has 1 N–H and O–H groups in total. The van der Waals surface area contributed by atoms with E-state index in [-0.39, 0.29) is 22.8 Å². The highest BCUT2D eigenvalue weighted by Gasteiger charge is 2.38. The molecule has 138 valence electrons. The van der Waals surface area contributed by atoms with Crippen LogP contribution in [0.4, 0.5) is 5.69 Å². The Morgan fingerprint density at radius 2 is 1.85 bits per heavy atom. The fourth-order valence-corrected chi connectivity index (χ4v) is 3.02. The van der Waals surface area contributed by atoms with E-state index in [0.29, 0.717) is 22.7 Å². The molecule has 6 nitrogen and oxygen atoms in total. The molecule has 0 atom stereocenters. The van der Waals surface area contributed by atoms with E-state index in [1.54, 1.807) is 56.5 Å². The van der Waals surface area contributed by atoms with E-state index >= 15 is 0 Å². The zero-order chi connectivity index (χ0) is 19.6. The summed E-state index contributed by atoms with van der Waals surface area (Å²) < 4.78 is 10.1. The lowest BCUT2D eigenvalue weighted by Gasteiger charge is -2.18. The molecule has 1 heterocycles. The van der Waals surface area contributed by atoms with Gasteiger partial charge in [0, 0.05) is 11.8 Å². The molecule has 0 fully saturated rings. The van der Waals surface area contributed by atoms with E-state index in [1.807, 2.05) is 0 Å². The number of aromatic hydroxyl groups is 1. The highest BCUT2D eigenvalue weighted by Crippen LogP contribution is 2.36. The van der Waals surface area contributed by atoms with Gasteiger partial charge in [0.2, 0.25) is 0 Å². The SMILES string of the molecule is COC(=O)C1=C(C)N(c2cccc(OC)c2)C(=O)/C1=C\c1cccc(O)c1. The third kappa shape index (κ3) is 3.42. The second-order valence-electron chi connectivity index (χ2n) is 5.95. The van der Waals surface area contributed by atoms with Gasteiger partial charge in [-0.15, -0.1) is 0 Å². The van der Waals surface area contributed by atoms with Crippen molar-refractivity contribution in [2.24, 2.45) is 0 Å². The second kappa shape index (κ2) is 7.37. The fourth-order valence-electron chi connectivity index (χ4n) is 3.02. The maximum absolute atomic E-state index is 13.1. The molecule has 0 unspecified atom stereocenters. The molecule has 0 radical (unpaired) electrons. The van der Waals surface area contributed by atoms with Gasteiger partial charge in [-0.1, -0.05) is 18.2 Å². The number of hydrogen-bond acceptors (Lipinski definition) is 5. The quantitative estimate of drug-likeness (QED) is 0.665. The zero-order valence-electron chi connectivity index (χ0n) is 15.2. The van der Waals surface area contributed by atoms with E-state index in [9.17, 15) is 14.7 Å². The Hall–Kier alpha value is -3.54. The number of esters is 1. The summed E-state index contributed by atoms with van der Waals surface area (Å²) in [5.74, 6) is -0.292. The number of anilines is 1. The van der Waals surface area contributed by atoms with Gasteiger partial charge in [-0.25, -0.2) is 4.79 Å². The van der Waals surface area contributed by atoms with E-state index < -0.39 is 5.97 Å². The molecular weight excluding hydrogens is 346 g/mol. The number of hydrogen-bond donors (Lipinski definition) is 1. The molecule has 2 aromatic rings. The molecule has 0 saturated heterocycles. The lowest BCUT2D eigenvalue weighted by molar-refractivity contribution is -0.136. The number of rotatable bonds is 4. The monoisotopic (exact) mass is 365 g/mol. The number of phenolic OH excluding ortho intramolecular Hbond substituents is 1. The number of amides is 1. The third-order valence-electron chi connectivity index (χ3n) is 4.28. The van der Waals surface area contributed by atoms with Gasteiger partial charge < -0.3 is 14.6 Å². The lowest BCUT2D eigenvalue weighted by Crippen LogP contribution is -2.24. The van der Waals surface area contributed by atoms with E-state index in [4.69, 9.17) is 9.47 Å². The molecule has 1 amide bonds. The van der Waals surface area contributed by atoms with Gasteiger partial charge in [0.15, 0.2) is 0 Å². The Morgan fingerprint density at radius 3 is 2.52 bits per heavy atom. The number of ether oxygens (including phenoxy) is 2. The first-order chi connectivity index (χ1) is 13.0. The standard InChI is InChI=1S/C21H19NO5/c1-13-19(21(25)27-3)18(11-14-6-4-8-16(23)10-14)20(24)22(13)15-7-5-9-17(12-15)26-2/h4-12,23H,1-3H3/b18-11-. The van der Waals surface area contributed by atoms with Crippen molar-refractivity contribution in [2.75, 3.05) is 19.1 Å². The Labute approximate surface area is 156 Å². The summed E-state index contributed by atoms with van der Waals surface area (Å²) in [5.41, 5.74) is 2.03. The van der Waals surface area contributed by atoms with Crippen LogP contribution in [0.25, 0.3) is 6.08 Å². The number of phenols is 1. The molecular formula is C21H19NO5. The normalized spacial score (nSPS) is 15.4. The molecule has 0 spiro atoms. The summed E-state index contributed by atoms with van der Waals surface area (Å²) in [6.07, 6.45) is 1.57. The van der Waals surface area contributed by atoms with Crippen molar-refractivity contribution in [2.45, 2.75) is 6.92 Å². The van der Waals surface area contributed by atoms with Gasteiger partial charge in [0.05, 0.1) is 31.1 Å². The van der Waals surface area contributed by atoms with Crippen LogP contribution in [0.2, 0.25) is 0 Å². The summed E-state index contributed by atoms with van der Waals surface area (Å²) in [6, 6.07) is 13.5. The third-order valence-corrected chi connectivity index (χ3v) is 4.28. The van der Waals surface area contributed by atoms with Crippen LogP contribution < -0.4 is 9.64 Å². The minimum Gasteiger partial charge on any atom is -0.508 e. The first-order valence-corrected chi connectivity index (χ1v) is 8.25. The minimum absolute atomic E-state index is 0.0692. The first kappa shape index (κ1) is 18.3. The molecule has 6 heteroatoms. The number of allylic oxidation sites excluding steroid dienone is 1. The molecule has 27 heavy (non-hydrogen) atoms. The second-order valence-corrected chi connectivity index (χ2v) is 5.95. The van der Waals surface area contributed by atoms with Crippen molar-refractivity contribution in [3.8, 4) is 11.5 Å². The van der Waals surface area contributed by atoms with Crippen molar-refractivity contribution < 1.29 is 24.2 Å². The van der Waals surface area contributed by atoms with Crippen LogP contribution in [-0.2, 0) is 14.3 Å². The zero-order valence-corrected chi connectivity index (χ0v) is 15.2. The molecule has 0 bridgehead atoms. The summed E-state index contributed by atoms with van der Waals surface area (Å²) >= 11 is 0. The molecule has 1 aliphatic rings. The average Bonchev–Trinajstić information content (AvgIpc) is 2.91. The van der Waals surface area contributed by atoms with E-state index in [1.165, 1.54) is 24.1 Å². The Kier molecular flexibility index (Phi) is 4.98. The molecule has 3 rings (SSSR count). The highest BCUT2D eigenvalue weighted by atomic mass is 16.5. The van der Waals surface area contributed by atoms with Crippen LogP contribution in [-0.4, -0.2) is 31.2 Å². The van der Waals surface area contributed by atoms with Crippen LogP contribution in [0.5, 0.6) is 11.5 Å². The van der Waals surface area contributed by atoms with Crippen molar-refractivity contribution in [3.63, 3.8) is 0 Å². The topological polar surface area (TPSA) is 76.1 Å². The van der Waals surface area contributed by atoms with Crippen LogP contribution in [0.15, 0.2) is 65.4 Å². The number of methoxy groups -OCH3 is 2. The van der Waals surface area contributed by atoms with E-state index in [0.717, 1.165) is 0 Å². The van der Waals surface area contributed by atoms with Gasteiger partial charge in [0.25, 0.3) is 5.91 Å². The predicted octanol–water partition coefficient (Wildman–Crippen LogP) is 3.28. The maximum atomic E-state index is 13.1. The summed E-state index contributed by atoms with van der Waals surface area (Å²) in [4.78, 5) is 27.0. The van der Waals surface area contributed by atoms with Crippen LogP contribution in [0.1, 0.15) is 12.5 Å². The van der Waals surface area contributed by atoms with Gasteiger partial charge in [0.1, 0.15) is 11.5 Å². The number of carbonyl (C=O) groups is 2. The van der Waals surface area contributed by atoms with Crippen LogP contribution in [0, 0.1) is 0 Å². The summed E-state index contributed by atoms with van der Waals surface area (Å²) in [7, 11) is 2.81. The summed E-state index contributed by atoms with van der Waals surface area (Å²) in [6.45, 7) is 1.69. The highest BCUT2D eigenvalue weighted by molar-refractivity contribution is 6.23. The fraction of sp³-hybridized carbons (Fsp3) is 0.143. The van der Waals surface area contributed by atoms with Crippen molar-refractivity contribution >= 4 is 23.6 Å².